The molecule has 7 rings (SSSR count). The van der Waals surface area contributed by atoms with Crippen LogP contribution >= 0.6 is 0 Å². The van der Waals surface area contributed by atoms with Crippen molar-refractivity contribution in [2.45, 2.75) is 76.9 Å². The summed E-state index contributed by atoms with van der Waals surface area (Å²) in [6.45, 7) is 7.05. The van der Waals surface area contributed by atoms with E-state index in [1.54, 1.807) is 23.9 Å². The molecule has 3 amide bonds. The molecule has 3 aliphatic rings. The number of rotatable bonds is 13. The number of benzene rings is 1. The maximum absolute atomic E-state index is 13.7. The van der Waals surface area contributed by atoms with Gasteiger partial charge in [-0.15, -0.1) is 0 Å². The van der Waals surface area contributed by atoms with Crippen LogP contribution in [0.3, 0.4) is 0 Å². The number of piperidine rings is 1. The molecule has 18 heteroatoms. The quantitative estimate of drug-likeness (QED) is 0.0955. The average Bonchev–Trinajstić information content (AvgIpc) is 3.73. The van der Waals surface area contributed by atoms with E-state index in [1.165, 1.54) is 6.92 Å². The van der Waals surface area contributed by atoms with Crippen LogP contribution in [0.1, 0.15) is 90.9 Å². The number of Topliss-reactive ketones (excluding diaryl/α,β-unsaturated/α-hetero) is 1. The highest BCUT2D eigenvalue weighted by Crippen LogP contribution is 2.39. The lowest BCUT2D eigenvalue weighted by molar-refractivity contribution is -0.139. The van der Waals surface area contributed by atoms with E-state index >= 15 is 0 Å². The Bertz CT molecular complexity index is 2300. The Morgan fingerprint density at radius 1 is 0.983 bits per heavy atom. The average molecular weight is 818 g/mol. The van der Waals surface area contributed by atoms with E-state index in [-0.39, 0.29) is 47.1 Å². The van der Waals surface area contributed by atoms with Crippen molar-refractivity contribution in [1.82, 2.24) is 35.1 Å². The lowest BCUT2D eigenvalue weighted by Crippen LogP contribution is -2.47. The fourth-order valence-electron chi connectivity index (χ4n) is 8.20. The summed E-state index contributed by atoms with van der Waals surface area (Å²) in [5.74, 6) is -2.34. The highest BCUT2D eigenvalue weighted by atomic mass is 19.4. The molecule has 59 heavy (non-hydrogen) atoms. The molecular formula is C41H46F3N9O6. The first kappa shape index (κ1) is 41.3. The Balaban J connectivity index is 0.864. The van der Waals surface area contributed by atoms with Gasteiger partial charge in [0.25, 0.3) is 11.5 Å². The maximum atomic E-state index is 13.7. The monoisotopic (exact) mass is 817 g/mol. The van der Waals surface area contributed by atoms with Crippen molar-refractivity contribution in [3.8, 4) is 5.75 Å². The molecule has 1 unspecified atom stereocenters. The smallest absolute Gasteiger partial charge is 0.416 e. The molecular weight excluding hydrogens is 772 g/mol. The van der Waals surface area contributed by atoms with E-state index in [0.717, 1.165) is 82.3 Å². The van der Waals surface area contributed by atoms with E-state index in [2.05, 4.69) is 35.7 Å². The van der Waals surface area contributed by atoms with Crippen LogP contribution in [0.15, 0.2) is 47.5 Å². The fourth-order valence-corrected chi connectivity index (χ4v) is 8.20. The Kier molecular flexibility index (Phi) is 12.3. The molecule has 3 fully saturated rings. The molecule has 1 aliphatic carbocycles. The topological polar surface area (TPSA) is 181 Å². The molecule has 1 saturated carbocycles. The van der Waals surface area contributed by atoms with Crippen LogP contribution in [0.5, 0.6) is 5.75 Å². The van der Waals surface area contributed by atoms with Crippen molar-refractivity contribution in [3.63, 3.8) is 0 Å². The van der Waals surface area contributed by atoms with Gasteiger partial charge in [0, 0.05) is 56.8 Å². The molecule has 5 heterocycles. The fraction of sp³-hybridized carbons (Fsp3) is 0.463. The van der Waals surface area contributed by atoms with Gasteiger partial charge in [-0.25, -0.2) is 9.97 Å². The molecule has 15 nitrogen and oxygen atoms in total. The maximum Gasteiger partial charge on any atom is 0.416 e. The number of amides is 3. The zero-order chi connectivity index (χ0) is 41.8. The second-order valence-electron chi connectivity index (χ2n) is 15.2. The summed E-state index contributed by atoms with van der Waals surface area (Å²) in [5, 5.41) is 8.70. The summed E-state index contributed by atoms with van der Waals surface area (Å²) in [4.78, 5) is 80.7. The van der Waals surface area contributed by atoms with E-state index in [9.17, 15) is 37.1 Å². The highest BCUT2D eigenvalue weighted by molar-refractivity contribution is 6.01. The van der Waals surface area contributed by atoms with Gasteiger partial charge in [-0.05, 0) is 87.5 Å². The van der Waals surface area contributed by atoms with Crippen LogP contribution in [-0.2, 0) is 20.6 Å². The predicted molar refractivity (Wildman–Crippen MR) is 212 cm³/mol. The molecule has 0 radical (unpaired) electrons. The van der Waals surface area contributed by atoms with E-state index in [1.807, 2.05) is 12.1 Å². The number of ketones is 1. The number of hydrogen-bond acceptors (Lipinski definition) is 12. The summed E-state index contributed by atoms with van der Waals surface area (Å²) < 4.78 is 48.3. The van der Waals surface area contributed by atoms with Gasteiger partial charge in [-0.1, -0.05) is 12.8 Å². The zero-order valence-corrected chi connectivity index (χ0v) is 32.9. The number of nitrogens with one attached hydrogen (secondary N) is 3. The van der Waals surface area contributed by atoms with Gasteiger partial charge in [0.2, 0.25) is 17.8 Å². The largest absolute Gasteiger partial charge is 0.484 e. The third-order valence-electron chi connectivity index (χ3n) is 11.3. The summed E-state index contributed by atoms with van der Waals surface area (Å²) in [6, 6.07) is 6.85. The van der Waals surface area contributed by atoms with Crippen molar-refractivity contribution >= 4 is 52.0 Å². The number of nitrogens with zero attached hydrogens (tertiary/aromatic N) is 6. The molecule has 4 aromatic rings. The normalized spacial score (nSPS) is 17.9. The van der Waals surface area contributed by atoms with Crippen LogP contribution in [0.25, 0.3) is 11.0 Å². The van der Waals surface area contributed by atoms with Crippen LogP contribution in [0.2, 0.25) is 0 Å². The van der Waals surface area contributed by atoms with Crippen LogP contribution in [-0.4, -0.2) is 93.8 Å². The van der Waals surface area contributed by atoms with Gasteiger partial charge in [0.05, 0.1) is 28.9 Å². The lowest BCUT2D eigenvalue weighted by Gasteiger charge is -2.36. The van der Waals surface area contributed by atoms with Gasteiger partial charge in [-0.2, -0.15) is 18.2 Å². The second kappa shape index (κ2) is 17.5. The number of hydrogen-bond donors (Lipinski definition) is 3. The summed E-state index contributed by atoms with van der Waals surface area (Å²) in [5.41, 5.74) is 0.648. The van der Waals surface area contributed by atoms with E-state index in [4.69, 9.17) is 9.72 Å². The Morgan fingerprint density at radius 2 is 1.75 bits per heavy atom. The number of imide groups is 1. The molecule has 0 bridgehead atoms. The molecule has 1 aromatic carbocycles. The Labute approximate surface area is 337 Å². The van der Waals surface area contributed by atoms with E-state index in [0.29, 0.717) is 41.3 Å². The standard InChI is InChI=1S/C41H46F3N9O6/c1-24-31-22-47-40(50-37(31)53(26-6-3-4-7-26)39(58)36(24)25(2)54)48-33-12-8-27(21-46-33)52-18-16-51(17-19-52)15-5-14-45-35(56)23-59-28-9-11-32(41(42,43)44)30(20-28)29-10-13-34(55)49-38(29)57/h8-9,11-12,20-22,26,29H,3-7,10,13-19,23H2,1-2H3,(H,45,56)(H,49,55,57)(H,46,47,48,50). The minimum Gasteiger partial charge on any atom is -0.484 e. The molecule has 1 atom stereocenters. The number of piperazine rings is 1. The summed E-state index contributed by atoms with van der Waals surface area (Å²) in [6.07, 6.45) is 3.01. The first-order valence-corrected chi connectivity index (χ1v) is 19.8. The number of halogens is 3. The van der Waals surface area contributed by atoms with Gasteiger partial charge in [0.15, 0.2) is 12.4 Å². The third-order valence-corrected chi connectivity index (χ3v) is 11.3. The van der Waals surface area contributed by atoms with Crippen LogP contribution < -0.4 is 31.1 Å². The van der Waals surface area contributed by atoms with Gasteiger partial charge >= 0.3 is 6.18 Å². The van der Waals surface area contributed by atoms with Crippen molar-refractivity contribution in [2.24, 2.45) is 0 Å². The summed E-state index contributed by atoms with van der Waals surface area (Å²) >= 11 is 0. The number of aromatic nitrogens is 4. The Morgan fingerprint density at radius 3 is 2.42 bits per heavy atom. The van der Waals surface area contributed by atoms with Gasteiger partial charge in [-0.3, -0.25) is 38.8 Å². The minimum atomic E-state index is -4.72. The number of alkyl halides is 3. The first-order chi connectivity index (χ1) is 28.3. The third kappa shape index (κ3) is 9.37. The van der Waals surface area contributed by atoms with Crippen molar-refractivity contribution in [3.05, 3.63) is 75.3 Å². The van der Waals surface area contributed by atoms with Crippen LogP contribution in [0.4, 0.5) is 30.6 Å². The molecule has 2 saturated heterocycles. The predicted octanol–water partition coefficient (Wildman–Crippen LogP) is 4.80. The molecule has 3 N–H and O–H groups in total. The van der Waals surface area contributed by atoms with Crippen molar-refractivity contribution in [1.29, 1.82) is 0 Å². The van der Waals surface area contributed by atoms with Crippen molar-refractivity contribution < 1.29 is 37.1 Å². The molecule has 312 valence electrons. The lowest BCUT2D eigenvalue weighted by atomic mass is 9.87. The van der Waals surface area contributed by atoms with Crippen LogP contribution in [0, 0.1) is 6.92 Å². The first-order valence-electron chi connectivity index (χ1n) is 19.8. The van der Waals surface area contributed by atoms with Gasteiger partial charge < -0.3 is 20.3 Å². The number of ether oxygens (including phenoxy) is 1. The SMILES string of the molecule is CC(=O)c1c(C)c2cnc(Nc3ccc(N4CCN(CCCNC(=O)COc5ccc(C(F)(F)F)c(C6CCC(=O)NC6=O)c5)CC4)cn3)nc2n(C2CCCC2)c1=O. The number of carbonyl (C=O) groups is 4. The Hall–Kier alpha value is -5.91. The second-order valence-corrected chi connectivity index (χ2v) is 15.2. The van der Waals surface area contributed by atoms with E-state index < -0.39 is 42.0 Å². The molecule has 3 aromatic heterocycles. The van der Waals surface area contributed by atoms with Crippen molar-refractivity contribution in [2.75, 3.05) is 56.1 Å². The number of carbonyl (C=O) groups excluding carboxylic acids is 4. The number of fused-ring (bicyclic) bond motifs is 1. The number of aryl methyl sites for hydroxylation is 1. The number of anilines is 3. The number of pyridine rings is 2. The molecule has 0 spiro atoms. The van der Waals surface area contributed by atoms with Gasteiger partial charge in [0.1, 0.15) is 17.2 Å². The minimum absolute atomic E-state index is 0.0126. The summed E-state index contributed by atoms with van der Waals surface area (Å²) in [7, 11) is 0. The molecule has 2 aliphatic heterocycles. The zero-order valence-electron chi connectivity index (χ0n) is 32.9. The highest BCUT2D eigenvalue weighted by Gasteiger charge is 2.39.